The van der Waals surface area contributed by atoms with Crippen LogP contribution in [0.15, 0.2) is 12.3 Å². The monoisotopic (exact) mass is 277 g/mol. The summed E-state index contributed by atoms with van der Waals surface area (Å²) in [5.74, 6) is 2.24. The second-order valence-electron chi connectivity index (χ2n) is 4.87. The molecule has 3 N–H and O–H groups in total. The van der Waals surface area contributed by atoms with E-state index in [0.717, 1.165) is 16.6 Å². The van der Waals surface area contributed by atoms with Gasteiger partial charge in [-0.1, -0.05) is 13.8 Å². The minimum absolute atomic E-state index is 0.105. The summed E-state index contributed by atoms with van der Waals surface area (Å²) in [6, 6.07) is 1.86. The van der Waals surface area contributed by atoms with Crippen LogP contribution < -0.4 is 11.1 Å². The van der Waals surface area contributed by atoms with Gasteiger partial charge in [0, 0.05) is 23.1 Å². The quantitative estimate of drug-likeness (QED) is 0.898. The van der Waals surface area contributed by atoms with Crippen LogP contribution in [0.4, 0.5) is 11.6 Å². The zero-order chi connectivity index (χ0) is 14.0. The first-order chi connectivity index (χ1) is 8.95. The van der Waals surface area contributed by atoms with Gasteiger partial charge in [-0.15, -0.1) is 11.3 Å². The number of nitrogens with two attached hydrogens (primary N) is 1. The summed E-state index contributed by atoms with van der Waals surface area (Å²) in [4.78, 5) is 14.3. The molecule has 0 aliphatic heterocycles. The molecular weight excluding hydrogens is 258 g/mol. The molecule has 5 nitrogen and oxygen atoms in total. The number of rotatable bonds is 4. The second kappa shape index (κ2) is 5.52. The van der Waals surface area contributed by atoms with Crippen molar-refractivity contribution >= 4 is 23.0 Å². The van der Waals surface area contributed by atoms with E-state index < -0.39 is 0 Å². The Balaban J connectivity index is 2.18. The van der Waals surface area contributed by atoms with E-state index in [1.165, 1.54) is 4.88 Å². The summed E-state index contributed by atoms with van der Waals surface area (Å²) >= 11 is 1.68. The molecule has 0 aliphatic carbocycles. The Hall–Kier alpha value is -1.69. The van der Waals surface area contributed by atoms with Crippen molar-refractivity contribution < 1.29 is 0 Å². The summed E-state index contributed by atoms with van der Waals surface area (Å²) in [5.41, 5.74) is 5.81. The first-order valence-electron chi connectivity index (χ1n) is 6.29. The number of hydrogen-bond donors (Lipinski definition) is 2. The van der Waals surface area contributed by atoms with Gasteiger partial charge < -0.3 is 11.1 Å². The third-order valence-electron chi connectivity index (χ3n) is 2.65. The molecule has 0 saturated heterocycles. The fourth-order valence-electron chi connectivity index (χ4n) is 1.67. The van der Waals surface area contributed by atoms with Crippen molar-refractivity contribution in [2.45, 2.75) is 39.7 Å². The van der Waals surface area contributed by atoms with E-state index in [4.69, 9.17) is 5.73 Å². The molecule has 2 heterocycles. The van der Waals surface area contributed by atoms with Crippen molar-refractivity contribution in [3.05, 3.63) is 28.0 Å². The van der Waals surface area contributed by atoms with Crippen molar-refractivity contribution in [2.24, 2.45) is 0 Å². The highest BCUT2D eigenvalue weighted by atomic mass is 32.1. The Kier molecular flexibility index (Phi) is 3.99. The highest BCUT2D eigenvalue weighted by molar-refractivity contribution is 7.11. The first kappa shape index (κ1) is 13.7. The van der Waals surface area contributed by atoms with Gasteiger partial charge >= 0.3 is 0 Å². The van der Waals surface area contributed by atoms with Crippen LogP contribution in [0.25, 0.3) is 0 Å². The van der Waals surface area contributed by atoms with E-state index in [1.807, 2.05) is 27.0 Å². The van der Waals surface area contributed by atoms with Gasteiger partial charge in [0.1, 0.15) is 22.5 Å². The van der Waals surface area contributed by atoms with E-state index in [0.29, 0.717) is 5.82 Å². The fraction of sp³-hybridized carbons (Fsp3) is 0.462. The van der Waals surface area contributed by atoms with Crippen LogP contribution in [0.3, 0.4) is 0 Å². The van der Waals surface area contributed by atoms with E-state index in [-0.39, 0.29) is 12.0 Å². The lowest BCUT2D eigenvalue weighted by atomic mass is 10.2. The van der Waals surface area contributed by atoms with Crippen LogP contribution in [0.5, 0.6) is 0 Å². The maximum Gasteiger partial charge on any atom is 0.135 e. The van der Waals surface area contributed by atoms with Crippen molar-refractivity contribution in [1.82, 2.24) is 15.0 Å². The Morgan fingerprint density at radius 2 is 2.00 bits per heavy atom. The van der Waals surface area contributed by atoms with E-state index in [2.05, 4.69) is 27.2 Å². The van der Waals surface area contributed by atoms with Crippen molar-refractivity contribution in [1.29, 1.82) is 0 Å². The standard InChI is InChI=1S/C13H19N5S/c1-7(2)12-17-10(14)5-11(18-12)16-9(4)13-15-6-8(3)19-13/h5-7,9H,1-4H3,(H3,14,16,17,18). The molecule has 0 amide bonds. The average Bonchev–Trinajstić information content (AvgIpc) is 2.75. The van der Waals surface area contributed by atoms with Crippen molar-refractivity contribution in [3.63, 3.8) is 0 Å². The molecule has 0 saturated carbocycles. The minimum atomic E-state index is 0.105. The van der Waals surface area contributed by atoms with E-state index in [1.54, 1.807) is 17.4 Å². The normalized spacial score (nSPS) is 12.7. The Morgan fingerprint density at radius 1 is 1.26 bits per heavy atom. The van der Waals surface area contributed by atoms with E-state index in [9.17, 15) is 0 Å². The lowest BCUT2D eigenvalue weighted by Crippen LogP contribution is -2.11. The second-order valence-corrected chi connectivity index (χ2v) is 6.13. The van der Waals surface area contributed by atoms with Crippen LogP contribution in [0.2, 0.25) is 0 Å². The maximum atomic E-state index is 5.81. The SMILES string of the molecule is Cc1cnc(C(C)Nc2cc(N)nc(C(C)C)n2)s1. The van der Waals surface area contributed by atoms with Gasteiger partial charge in [0.25, 0.3) is 0 Å². The van der Waals surface area contributed by atoms with Crippen LogP contribution >= 0.6 is 11.3 Å². The van der Waals surface area contributed by atoms with Crippen LogP contribution in [-0.4, -0.2) is 15.0 Å². The average molecular weight is 277 g/mol. The lowest BCUT2D eigenvalue weighted by molar-refractivity contribution is 0.770. The molecule has 19 heavy (non-hydrogen) atoms. The third kappa shape index (κ3) is 3.41. The highest BCUT2D eigenvalue weighted by Crippen LogP contribution is 2.23. The first-order valence-corrected chi connectivity index (χ1v) is 7.10. The van der Waals surface area contributed by atoms with Gasteiger partial charge in [0.15, 0.2) is 0 Å². The zero-order valence-electron chi connectivity index (χ0n) is 11.6. The van der Waals surface area contributed by atoms with Gasteiger partial charge in [0.2, 0.25) is 0 Å². The minimum Gasteiger partial charge on any atom is -0.384 e. The van der Waals surface area contributed by atoms with E-state index >= 15 is 0 Å². The van der Waals surface area contributed by atoms with Gasteiger partial charge in [-0.2, -0.15) is 0 Å². The predicted molar refractivity (Wildman–Crippen MR) is 79.4 cm³/mol. The topological polar surface area (TPSA) is 76.7 Å². The van der Waals surface area contributed by atoms with Gasteiger partial charge in [-0.05, 0) is 13.8 Å². The molecule has 102 valence electrons. The number of anilines is 2. The summed E-state index contributed by atoms with van der Waals surface area (Å²) in [6.45, 7) is 8.21. The molecule has 2 aromatic rings. The van der Waals surface area contributed by atoms with Gasteiger partial charge in [-0.3, -0.25) is 0 Å². The maximum absolute atomic E-state index is 5.81. The molecule has 0 radical (unpaired) electrons. The van der Waals surface area contributed by atoms with Crippen molar-refractivity contribution in [2.75, 3.05) is 11.1 Å². The summed E-state index contributed by atoms with van der Waals surface area (Å²) < 4.78 is 0. The molecule has 2 rings (SSSR count). The number of nitrogen functional groups attached to an aromatic ring is 1. The molecule has 2 aromatic heterocycles. The Labute approximate surface area is 117 Å². The van der Waals surface area contributed by atoms with Crippen LogP contribution in [0.1, 0.15) is 48.4 Å². The largest absolute Gasteiger partial charge is 0.384 e. The summed E-state index contributed by atoms with van der Waals surface area (Å²) in [6.07, 6.45) is 1.88. The molecule has 1 atom stereocenters. The molecule has 0 fully saturated rings. The van der Waals surface area contributed by atoms with Crippen LogP contribution in [0, 0.1) is 6.92 Å². The zero-order valence-corrected chi connectivity index (χ0v) is 12.5. The molecule has 0 aromatic carbocycles. The lowest BCUT2D eigenvalue weighted by Gasteiger charge is -2.14. The Morgan fingerprint density at radius 3 is 2.58 bits per heavy atom. The summed E-state index contributed by atoms with van der Waals surface area (Å²) in [7, 11) is 0. The smallest absolute Gasteiger partial charge is 0.135 e. The molecule has 1 unspecified atom stereocenters. The van der Waals surface area contributed by atoms with Gasteiger partial charge in [-0.25, -0.2) is 15.0 Å². The molecule has 6 heteroatoms. The Bertz CT molecular complexity index is 564. The predicted octanol–water partition coefficient (Wildman–Crippen LogP) is 3.12. The molecular formula is C13H19N5S. The summed E-state index contributed by atoms with van der Waals surface area (Å²) in [5, 5.41) is 4.37. The van der Waals surface area contributed by atoms with Crippen molar-refractivity contribution in [3.8, 4) is 0 Å². The number of aryl methyl sites for hydroxylation is 1. The molecule has 0 aliphatic rings. The third-order valence-corrected chi connectivity index (χ3v) is 3.75. The van der Waals surface area contributed by atoms with Gasteiger partial charge in [0.05, 0.1) is 6.04 Å². The number of aromatic nitrogens is 3. The number of hydrogen-bond acceptors (Lipinski definition) is 6. The number of nitrogens with one attached hydrogen (secondary N) is 1. The molecule has 0 spiro atoms. The fourth-order valence-corrected chi connectivity index (χ4v) is 2.45. The highest BCUT2D eigenvalue weighted by Gasteiger charge is 2.12. The van der Waals surface area contributed by atoms with Crippen LogP contribution in [-0.2, 0) is 0 Å². The number of nitrogens with zero attached hydrogens (tertiary/aromatic N) is 3. The molecule has 0 bridgehead atoms. The number of thiazole rings is 1.